The quantitative estimate of drug-likeness (QED) is 0.461. The van der Waals surface area contributed by atoms with Gasteiger partial charge in [0, 0.05) is 12.1 Å². The van der Waals surface area contributed by atoms with Gasteiger partial charge in [0.05, 0.1) is 7.11 Å². The van der Waals surface area contributed by atoms with Crippen molar-refractivity contribution in [3.05, 3.63) is 71.0 Å². The highest BCUT2D eigenvalue weighted by Crippen LogP contribution is 2.14. The van der Waals surface area contributed by atoms with Crippen LogP contribution in [-0.4, -0.2) is 25.6 Å². The lowest BCUT2D eigenvalue weighted by atomic mass is 10.1. The predicted octanol–water partition coefficient (Wildman–Crippen LogP) is 2.60. The second kappa shape index (κ2) is 9.73. The van der Waals surface area contributed by atoms with Gasteiger partial charge in [-0.25, -0.2) is 9.18 Å². The number of nitrogens with zero attached hydrogens (tertiary/aromatic N) is 1. The Morgan fingerprint density at radius 3 is 2.52 bits per heavy atom. The van der Waals surface area contributed by atoms with Crippen molar-refractivity contribution in [3.8, 4) is 11.8 Å². The van der Waals surface area contributed by atoms with Crippen molar-refractivity contribution in [2.75, 3.05) is 13.7 Å². The largest absolute Gasteiger partial charge is 0.497 e. The van der Waals surface area contributed by atoms with Gasteiger partial charge in [0.15, 0.2) is 6.61 Å². The van der Waals surface area contributed by atoms with Gasteiger partial charge in [0.2, 0.25) is 0 Å². The fourth-order valence-electron chi connectivity index (χ4n) is 2.10. The van der Waals surface area contributed by atoms with Crippen molar-refractivity contribution in [1.82, 2.24) is 5.32 Å². The molecule has 0 spiro atoms. The van der Waals surface area contributed by atoms with Crippen molar-refractivity contribution in [2.45, 2.75) is 6.54 Å². The third kappa shape index (κ3) is 5.97. The number of halogens is 1. The molecule has 0 saturated carbocycles. The Balaban J connectivity index is 1.88. The van der Waals surface area contributed by atoms with Gasteiger partial charge < -0.3 is 14.8 Å². The highest BCUT2D eigenvalue weighted by atomic mass is 19.1. The molecule has 2 aromatic rings. The lowest BCUT2D eigenvalue weighted by Crippen LogP contribution is -2.28. The molecule has 1 N–H and O–H groups in total. The van der Waals surface area contributed by atoms with Crippen LogP contribution in [0.5, 0.6) is 5.75 Å². The maximum atomic E-state index is 13.5. The maximum absolute atomic E-state index is 13.5. The van der Waals surface area contributed by atoms with Gasteiger partial charge in [0.1, 0.15) is 23.2 Å². The molecule has 0 aliphatic carbocycles. The van der Waals surface area contributed by atoms with Gasteiger partial charge in [0.25, 0.3) is 5.91 Å². The summed E-state index contributed by atoms with van der Waals surface area (Å²) in [6.45, 7) is -0.606. The Kier molecular flexibility index (Phi) is 7.08. The van der Waals surface area contributed by atoms with Crippen LogP contribution in [0.25, 0.3) is 6.08 Å². The standard InChI is InChI=1S/C20H17FN2O4/c1-26-17-8-6-14(7-9-17)10-16(11-22)20(25)27-13-19(24)23-12-15-4-2-3-5-18(15)21/h2-10H,12-13H2,1H3,(H,23,24)/b16-10+. The summed E-state index contributed by atoms with van der Waals surface area (Å²) < 4.78 is 23.3. The summed E-state index contributed by atoms with van der Waals surface area (Å²) >= 11 is 0. The Morgan fingerprint density at radius 1 is 1.19 bits per heavy atom. The molecule has 0 fully saturated rings. The van der Waals surface area contributed by atoms with E-state index in [-0.39, 0.29) is 12.1 Å². The highest BCUT2D eigenvalue weighted by Gasteiger charge is 2.13. The molecular formula is C20H17FN2O4. The highest BCUT2D eigenvalue weighted by molar-refractivity contribution is 5.98. The molecular weight excluding hydrogens is 351 g/mol. The number of benzene rings is 2. The van der Waals surface area contributed by atoms with Crippen molar-refractivity contribution in [3.63, 3.8) is 0 Å². The third-order valence-corrected chi connectivity index (χ3v) is 3.54. The van der Waals surface area contributed by atoms with Crippen LogP contribution in [0.4, 0.5) is 4.39 Å². The average molecular weight is 368 g/mol. The van der Waals surface area contributed by atoms with Crippen LogP contribution in [0.3, 0.4) is 0 Å². The van der Waals surface area contributed by atoms with Crippen molar-refractivity contribution in [1.29, 1.82) is 5.26 Å². The van der Waals surface area contributed by atoms with Gasteiger partial charge in [-0.05, 0) is 29.8 Å². The number of nitrogens with one attached hydrogen (secondary N) is 1. The van der Waals surface area contributed by atoms with E-state index in [1.807, 2.05) is 0 Å². The second-order valence-electron chi connectivity index (χ2n) is 5.39. The molecule has 1 amide bonds. The molecule has 6 nitrogen and oxygen atoms in total. The first-order valence-corrected chi connectivity index (χ1v) is 7.96. The molecule has 0 bridgehead atoms. The first-order chi connectivity index (χ1) is 13.0. The Labute approximate surface area is 155 Å². The molecule has 0 atom stereocenters. The van der Waals surface area contributed by atoms with Crippen LogP contribution in [0.1, 0.15) is 11.1 Å². The molecule has 2 rings (SSSR count). The van der Waals surface area contributed by atoms with Gasteiger partial charge in [-0.3, -0.25) is 4.79 Å². The van der Waals surface area contributed by atoms with Crippen LogP contribution in [0.2, 0.25) is 0 Å². The van der Waals surface area contributed by atoms with E-state index in [4.69, 9.17) is 14.7 Å². The zero-order valence-electron chi connectivity index (χ0n) is 14.6. The number of ether oxygens (including phenoxy) is 2. The van der Waals surface area contributed by atoms with E-state index in [0.717, 1.165) is 0 Å². The van der Waals surface area contributed by atoms with Crippen LogP contribution < -0.4 is 10.1 Å². The first kappa shape index (κ1) is 19.7. The molecule has 27 heavy (non-hydrogen) atoms. The Hall–Kier alpha value is -3.66. The summed E-state index contributed by atoms with van der Waals surface area (Å²) in [6.07, 6.45) is 1.35. The van der Waals surface area contributed by atoms with Gasteiger partial charge >= 0.3 is 5.97 Å². The summed E-state index contributed by atoms with van der Waals surface area (Å²) in [5.74, 6) is -1.33. The van der Waals surface area contributed by atoms with E-state index < -0.39 is 24.3 Å². The molecule has 0 aliphatic heterocycles. The molecule has 0 aliphatic rings. The fourth-order valence-corrected chi connectivity index (χ4v) is 2.10. The van der Waals surface area contributed by atoms with Crippen LogP contribution in [0.15, 0.2) is 54.1 Å². The number of carbonyl (C=O) groups is 2. The summed E-state index contributed by atoms with van der Waals surface area (Å²) in [5, 5.41) is 11.6. The average Bonchev–Trinajstić information content (AvgIpc) is 2.70. The van der Waals surface area contributed by atoms with E-state index in [0.29, 0.717) is 16.9 Å². The minimum atomic E-state index is -0.922. The smallest absolute Gasteiger partial charge is 0.349 e. The Morgan fingerprint density at radius 2 is 1.89 bits per heavy atom. The minimum Gasteiger partial charge on any atom is -0.497 e. The zero-order chi connectivity index (χ0) is 19.6. The SMILES string of the molecule is COc1ccc(/C=C(\C#N)C(=O)OCC(=O)NCc2ccccc2F)cc1. The van der Waals surface area contributed by atoms with E-state index in [2.05, 4.69) is 5.32 Å². The number of nitriles is 1. The van der Waals surface area contributed by atoms with E-state index in [9.17, 15) is 14.0 Å². The number of hydrogen-bond donors (Lipinski definition) is 1. The number of amides is 1. The summed E-state index contributed by atoms with van der Waals surface area (Å²) in [5.41, 5.74) is 0.671. The third-order valence-electron chi connectivity index (χ3n) is 3.54. The zero-order valence-corrected chi connectivity index (χ0v) is 14.6. The molecule has 138 valence electrons. The first-order valence-electron chi connectivity index (χ1n) is 7.96. The van der Waals surface area contributed by atoms with Crippen molar-refractivity contribution >= 4 is 18.0 Å². The molecule has 2 aromatic carbocycles. The molecule has 0 saturated heterocycles. The van der Waals surface area contributed by atoms with Gasteiger partial charge in [-0.1, -0.05) is 30.3 Å². The summed E-state index contributed by atoms with van der Waals surface area (Å²) in [7, 11) is 1.53. The number of carbonyl (C=O) groups excluding carboxylic acids is 2. The molecule has 0 unspecified atom stereocenters. The Bertz CT molecular complexity index is 886. The molecule has 0 heterocycles. The predicted molar refractivity (Wildman–Crippen MR) is 95.8 cm³/mol. The van der Waals surface area contributed by atoms with Gasteiger partial charge in [-0.2, -0.15) is 5.26 Å². The van der Waals surface area contributed by atoms with E-state index in [1.54, 1.807) is 42.5 Å². The number of methoxy groups -OCH3 is 1. The number of esters is 1. The van der Waals surface area contributed by atoms with Crippen molar-refractivity contribution < 1.29 is 23.5 Å². The van der Waals surface area contributed by atoms with Gasteiger partial charge in [-0.15, -0.1) is 0 Å². The molecule has 0 radical (unpaired) electrons. The number of rotatable bonds is 7. The normalized spacial score (nSPS) is 10.6. The lowest BCUT2D eigenvalue weighted by molar-refractivity contribution is -0.144. The topological polar surface area (TPSA) is 88.4 Å². The maximum Gasteiger partial charge on any atom is 0.349 e. The van der Waals surface area contributed by atoms with Crippen LogP contribution in [-0.2, 0) is 20.9 Å². The summed E-state index contributed by atoms with van der Waals surface area (Å²) in [4.78, 5) is 23.7. The van der Waals surface area contributed by atoms with E-state index >= 15 is 0 Å². The number of hydrogen-bond acceptors (Lipinski definition) is 5. The summed E-state index contributed by atoms with van der Waals surface area (Å²) in [6, 6.07) is 14.5. The monoisotopic (exact) mass is 368 g/mol. The van der Waals surface area contributed by atoms with E-state index in [1.165, 1.54) is 25.3 Å². The molecule has 7 heteroatoms. The fraction of sp³-hybridized carbons (Fsp3) is 0.150. The second-order valence-corrected chi connectivity index (χ2v) is 5.39. The van der Waals surface area contributed by atoms with Crippen LogP contribution >= 0.6 is 0 Å². The molecule has 0 aromatic heterocycles. The van der Waals surface area contributed by atoms with Crippen LogP contribution in [0, 0.1) is 17.1 Å². The minimum absolute atomic E-state index is 0.0319. The van der Waals surface area contributed by atoms with Crippen molar-refractivity contribution in [2.24, 2.45) is 0 Å². The lowest BCUT2D eigenvalue weighted by Gasteiger charge is -2.07.